The van der Waals surface area contributed by atoms with Gasteiger partial charge in [-0.25, -0.2) is 13.2 Å². The summed E-state index contributed by atoms with van der Waals surface area (Å²) in [5.74, 6) is -5.72. The molecular weight excluding hydrogens is 369 g/mol. The van der Waals surface area contributed by atoms with Gasteiger partial charge in [0.25, 0.3) is 5.91 Å². The molecule has 0 bridgehead atoms. The maximum Gasteiger partial charge on any atom is 0.252 e. The van der Waals surface area contributed by atoms with Crippen LogP contribution in [0.5, 0.6) is 0 Å². The van der Waals surface area contributed by atoms with Crippen molar-refractivity contribution in [1.29, 1.82) is 0 Å². The van der Waals surface area contributed by atoms with Crippen LogP contribution in [0.3, 0.4) is 0 Å². The Bertz CT molecular complexity index is 1120. The van der Waals surface area contributed by atoms with Crippen LogP contribution in [-0.4, -0.2) is 18.4 Å². The molecule has 4 rings (SSSR count). The van der Waals surface area contributed by atoms with E-state index < -0.39 is 41.5 Å². The van der Waals surface area contributed by atoms with E-state index in [-0.39, 0.29) is 0 Å². The van der Waals surface area contributed by atoms with E-state index in [1.165, 1.54) is 11.1 Å². The highest BCUT2D eigenvalue weighted by Crippen LogP contribution is 2.32. The summed E-state index contributed by atoms with van der Waals surface area (Å²) in [6, 6.07) is 11.0. The summed E-state index contributed by atoms with van der Waals surface area (Å²) >= 11 is 0. The van der Waals surface area contributed by atoms with Gasteiger partial charge in [-0.2, -0.15) is 0 Å². The summed E-state index contributed by atoms with van der Waals surface area (Å²) in [4.78, 5) is 24.5. The number of nitrogens with one attached hydrogen (secondary N) is 2. The lowest BCUT2D eigenvalue weighted by Crippen LogP contribution is -2.33. The summed E-state index contributed by atoms with van der Waals surface area (Å²) < 4.78 is 39.8. The van der Waals surface area contributed by atoms with E-state index in [4.69, 9.17) is 0 Å². The molecule has 4 nitrogen and oxygen atoms in total. The maximum atomic E-state index is 13.6. The van der Waals surface area contributed by atoms with Gasteiger partial charge in [-0.3, -0.25) is 9.59 Å². The minimum atomic E-state index is -1.67. The molecule has 0 fully saturated rings. The number of benzene rings is 3. The standard InChI is InChI=1S/C21H15F3N2O2/c22-15-8-9-16(20(24)19(15)23)26-17(27)10-25-21(28)14-7-6-12-5-4-11-2-1-3-13(14)18(11)12/h1-3,6-9H,4-5,10H2,(H,25,28)(H,26,27). The highest BCUT2D eigenvalue weighted by molar-refractivity contribution is 6.10. The SMILES string of the molecule is O=C(CNC(=O)c1ccc2c3c(cccc13)CC2)Nc1ccc(F)c(F)c1F. The summed E-state index contributed by atoms with van der Waals surface area (Å²) in [6.45, 7) is -0.444. The average molecular weight is 384 g/mol. The smallest absolute Gasteiger partial charge is 0.252 e. The van der Waals surface area contributed by atoms with Crippen molar-refractivity contribution in [2.45, 2.75) is 12.8 Å². The third-order valence-electron chi connectivity index (χ3n) is 4.84. The highest BCUT2D eigenvalue weighted by Gasteiger charge is 2.19. The lowest BCUT2D eigenvalue weighted by atomic mass is 9.99. The highest BCUT2D eigenvalue weighted by atomic mass is 19.2. The summed E-state index contributed by atoms with van der Waals surface area (Å²) in [6.07, 6.45) is 1.86. The molecule has 7 heteroatoms. The van der Waals surface area contributed by atoms with E-state index in [0.29, 0.717) is 11.6 Å². The first-order valence-corrected chi connectivity index (χ1v) is 8.70. The van der Waals surface area contributed by atoms with Crippen LogP contribution in [0.2, 0.25) is 0 Å². The van der Waals surface area contributed by atoms with Gasteiger partial charge < -0.3 is 10.6 Å². The fourth-order valence-electron chi connectivity index (χ4n) is 3.52. The van der Waals surface area contributed by atoms with Crippen molar-refractivity contribution < 1.29 is 22.8 Å². The molecule has 2 amide bonds. The summed E-state index contributed by atoms with van der Waals surface area (Å²) in [5, 5.41) is 6.48. The van der Waals surface area contributed by atoms with Gasteiger partial charge in [-0.15, -0.1) is 0 Å². The number of anilines is 1. The number of hydrogen-bond donors (Lipinski definition) is 2. The molecule has 0 saturated heterocycles. The number of aryl methyl sites for hydroxylation is 2. The van der Waals surface area contributed by atoms with Gasteiger partial charge in [0.1, 0.15) is 0 Å². The molecular formula is C21H15F3N2O2. The lowest BCUT2D eigenvalue weighted by molar-refractivity contribution is -0.115. The Labute approximate surface area is 158 Å². The van der Waals surface area contributed by atoms with Crippen molar-refractivity contribution in [3.8, 4) is 0 Å². The number of rotatable bonds is 4. The molecule has 0 atom stereocenters. The molecule has 142 valence electrons. The number of hydrogen-bond acceptors (Lipinski definition) is 2. The van der Waals surface area contributed by atoms with Crippen LogP contribution in [0.1, 0.15) is 21.5 Å². The molecule has 0 aromatic heterocycles. The van der Waals surface area contributed by atoms with Gasteiger partial charge in [0.2, 0.25) is 5.91 Å². The molecule has 0 heterocycles. The van der Waals surface area contributed by atoms with E-state index in [0.717, 1.165) is 29.7 Å². The fraction of sp³-hybridized carbons (Fsp3) is 0.143. The van der Waals surface area contributed by atoms with Crippen molar-refractivity contribution in [3.63, 3.8) is 0 Å². The van der Waals surface area contributed by atoms with E-state index in [1.54, 1.807) is 6.07 Å². The van der Waals surface area contributed by atoms with Gasteiger partial charge in [-0.1, -0.05) is 24.3 Å². The van der Waals surface area contributed by atoms with Crippen LogP contribution in [0, 0.1) is 17.5 Å². The predicted octanol–water partition coefficient (Wildman–Crippen LogP) is 3.72. The van der Waals surface area contributed by atoms with E-state index in [2.05, 4.69) is 10.6 Å². The van der Waals surface area contributed by atoms with E-state index >= 15 is 0 Å². The van der Waals surface area contributed by atoms with Crippen molar-refractivity contribution in [1.82, 2.24) is 5.32 Å². The van der Waals surface area contributed by atoms with Crippen molar-refractivity contribution in [2.75, 3.05) is 11.9 Å². The second kappa shape index (κ2) is 6.99. The van der Waals surface area contributed by atoms with Gasteiger partial charge >= 0.3 is 0 Å². The van der Waals surface area contributed by atoms with Crippen LogP contribution >= 0.6 is 0 Å². The first-order valence-electron chi connectivity index (χ1n) is 8.70. The Morgan fingerprint density at radius 2 is 1.64 bits per heavy atom. The molecule has 1 aliphatic rings. The maximum absolute atomic E-state index is 13.6. The molecule has 0 unspecified atom stereocenters. The fourth-order valence-corrected chi connectivity index (χ4v) is 3.52. The van der Waals surface area contributed by atoms with E-state index in [9.17, 15) is 22.8 Å². The molecule has 2 N–H and O–H groups in total. The molecule has 0 aliphatic heterocycles. The zero-order valence-corrected chi connectivity index (χ0v) is 14.6. The molecule has 1 aliphatic carbocycles. The minimum absolute atomic E-state index is 0.439. The van der Waals surface area contributed by atoms with Gasteiger partial charge in [0, 0.05) is 5.56 Å². The summed E-state index contributed by atoms with van der Waals surface area (Å²) in [7, 11) is 0. The number of carbonyl (C=O) groups is 2. The van der Waals surface area contributed by atoms with Gasteiger partial charge in [0.15, 0.2) is 17.5 Å². The topological polar surface area (TPSA) is 58.2 Å². The van der Waals surface area contributed by atoms with Crippen LogP contribution in [0.4, 0.5) is 18.9 Å². The number of amides is 2. The number of halogens is 3. The third-order valence-corrected chi connectivity index (χ3v) is 4.84. The lowest BCUT2D eigenvalue weighted by Gasteiger charge is -2.11. The molecule has 3 aromatic carbocycles. The van der Waals surface area contributed by atoms with Crippen molar-refractivity contribution in [3.05, 3.63) is 76.6 Å². The Balaban J connectivity index is 1.48. The van der Waals surface area contributed by atoms with Crippen molar-refractivity contribution in [2.24, 2.45) is 0 Å². The minimum Gasteiger partial charge on any atom is -0.343 e. The van der Waals surface area contributed by atoms with Crippen LogP contribution in [0.25, 0.3) is 10.8 Å². The largest absolute Gasteiger partial charge is 0.343 e. The molecule has 0 radical (unpaired) electrons. The molecule has 28 heavy (non-hydrogen) atoms. The zero-order chi connectivity index (χ0) is 19.8. The van der Waals surface area contributed by atoms with E-state index in [1.807, 2.05) is 24.3 Å². The average Bonchev–Trinajstić information content (AvgIpc) is 3.12. The Morgan fingerprint density at radius 1 is 0.893 bits per heavy atom. The number of carbonyl (C=O) groups excluding carboxylic acids is 2. The first kappa shape index (κ1) is 18.0. The Hall–Kier alpha value is -3.35. The van der Waals surface area contributed by atoms with Gasteiger partial charge in [-0.05, 0) is 52.9 Å². The normalized spacial score (nSPS) is 12.2. The Kier molecular flexibility index (Phi) is 4.50. The third kappa shape index (κ3) is 3.09. The van der Waals surface area contributed by atoms with Crippen LogP contribution in [0.15, 0.2) is 42.5 Å². The monoisotopic (exact) mass is 384 g/mol. The second-order valence-electron chi connectivity index (χ2n) is 6.57. The Morgan fingerprint density at radius 3 is 2.43 bits per heavy atom. The quantitative estimate of drug-likeness (QED) is 0.674. The van der Waals surface area contributed by atoms with Crippen LogP contribution < -0.4 is 10.6 Å². The molecule has 0 saturated carbocycles. The zero-order valence-electron chi connectivity index (χ0n) is 14.6. The van der Waals surface area contributed by atoms with Gasteiger partial charge in [0.05, 0.1) is 12.2 Å². The second-order valence-corrected chi connectivity index (χ2v) is 6.57. The molecule has 3 aromatic rings. The van der Waals surface area contributed by atoms with Crippen LogP contribution in [-0.2, 0) is 17.6 Å². The predicted molar refractivity (Wildman–Crippen MR) is 98.6 cm³/mol. The molecule has 0 spiro atoms. The van der Waals surface area contributed by atoms with Crippen molar-refractivity contribution >= 4 is 28.3 Å². The summed E-state index contributed by atoms with van der Waals surface area (Å²) in [5.41, 5.74) is 2.32. The first-order chi connectivity index (χ1) is 13.5.